The highest BCUT2D eigenvalue weighted by atomic mass is 79.9. The average Bonchev–Trinajstić information content (AvgIpc) is 2.50. The maximum Gasteiger partial charge on any atom is 0.238 e. The van der Waals surface area contributed by atoms with Gasteiger partial charge in [0.25, 0.3) is 0 Å². The Morgan fingerprint density at radius 3 is 2.50 bits per heavy atom. The topological polar surface area (TPSA) is 130 Å². The van der Waals surface area contributed by atoms with Crippen molar-refractivity contribution in [2.45, 2.75) is 17.9 Å². The van der Waals surface area contributed by atoms with Gasteiger partial charge in [-0.3, -0.25) is 0 Å². The summed E-state index contributed by atoms with van der Waals surface area (Å²) in [4.78, 5) is 8.44. The van der Waals surface area contributed by atoms with Crippen LogP contribution >= 0.6 is 28.3 Å². The maximum absolute atomic E-state index is 11.2. The Morgan fingerprint density at radius 2 is 1.96 bits per heavy atom. The molecular formula is C13H17BrClN5O3S. The normalized spacial score (nSPS) is 12.2. The molecule has 1 atom stereocenters. The van der Waals surface area contributed by atoms with Crippen molar-refractivity contribution in [2.75, 3.05) is 17.2 Å². The number of sulfonamides is 1. The maximum atomic E-state index is 11.2. The van der Waals surface area contributed by atoms with Crippen molar-refractivity contribution in [1.29, 1.82) is 0 Å². The molecular weight excluding hydrogens is 422 g/mol. The number of aromatic nitrogens is 2. The van der Waals surface area contributed by atoms with Crippen molar-refractivity contribution in [3.05, 3.63) is 34.9 Å². The number of aliphatic hydroxyl groups excluding tert-OH is 1. The summed E-state index contributed by atoms with van der Waals surface area (Å²) in [5.41, 5.74) is 0.612. The van der Waals surface area contributed by atoms with Gasteiger partial charge in [0.2, 0.25) is 16.0 Å². The van der Waals surface area contributed by atoms with E-state index in [-0.39, 0.29) is 30.0 Å². The van der Waals surface area contributed by atoms with Crippen LogP contribution in [0.4, 0.5) is 17.5 Å². The highest BCUT2D eigenvalue weighted by Crippen LogP contribution is 2.23. The van der Waals surface area contributed by atoms with E-state index in [0.29, 0.717) is 21.9 Å². The van der Waals surface area contributed by atoms with Gasteiger partial charge in [0.05, 0.1) is 16.0 Å². The zero-order valence-electron chi connectivity index (χ0n) is 12.6. The Labute approximate surface area is 154 Å². The summed E-state index contributed by atoms with van der Waals surface area (Å²) in [6.07, 6.45) is 1.57. The third-order valence-corrected chi connectivity index (χ3v) is 4.35. The molecule has 1 aromatic heterocycles. The minimum atomic E-state index is -3.72. The van der Waals surface area contributed by atoms with Gasteiger partial charge in [-0.05, 0) is 47.1 Å². The van der Waals surface area contributed by atoms with Crippen LogP contribution in [0.25, 0.3) is 0 Å². The summed E-state index contributed by atoms with van der Waals surface area (Å²) in [6, 6.07) is 5.75. The number of nitrogens with one attached hydrogen (secondary N) is 2. The van der Waals surface area contributed by atoms with E-state index >= 15 is 0 Å². The zero-order chi connectivity index (χ0) is 17.0. The Balaban J connectivity index is 0.00000288. The number of aliphatic hydroxyl groups is 1. The molecule has 24 heavy (non-hydrogen) atoms. The molecule has 132 valence electrons. The number of rotatable bonds is 6. The smallest absolute Gasteiger partial charge is 0.238 e. The largest absolute Gasteiger partial charge is 0.394 e. The summed E-state index contributed by atoms with van der Waals surface area (Å²) < 4.78 is 23.1. The Kier molecular flexibility index (Phi) is 7.36. The van der Waals surface area contributed by atoms with Crippen LogP contribution in [0, 0.1) is 0 Å². The highest BCUT2D eigenvalue weighted by molar-refractivity contribution is 9.10. The van der Waals surface area contributed by atoms with Gasteiger partial charge in [0.1, 0.15) is 5.82 Å². The van der Waals surface area contributed by atoms with E-state index in [1.165, 1.54) is 12.1 Å². The van der Waals surface area contributed by atoms with Gasteiger partial charge in [0.15, 0.2) is 0 Å². The molecule has 2 rings (SSSR count). The molecule has 0 saturated carbocycles. The highest BCUT2D eigenvalue weighted by Gasteiger charge is 2.10. The number of anilines is 3. The predicted octanol–water partition coefficient (Wildman–Crippen LogP) is 1.84. The van der Waals surface area contributed by atoms with Crippen LogP contribution in [-0.4, -0.2) is 36.1 Å². The summed E-state index contributed by atoms with van der Waals surface area (Å²) >= 11 is 3.33. The zero-order valence-corrected chi connectivity index (χ0v) is 15.8. The molecule has 0 bridgehead atoms. The molecule has 0 spiro atoms. The fourth-order valence-electron chi connectivity index (χ4n) is 1.66. The second kappa shape index (κ2) is 8.58. The van der Waals surface area contributed by atoms with E-state index in [9.17, 15) is 8.42 Å². The number of nitrogens with two attached hydrogens (primary N) is 1. The summed E-state index contributed by atoms with van der Waals surface area (Å²) in [7, 11) is -3.72. The molecule has 5 N–H and O–H groups in total. The molecule has 0 amide bonds. The van der Waals surface area contributed by atoms with Crippen LogP contribution in [0.3, 0.4) is 0 Å². The fourth-order valence-corrected chi connectivity index (χ4v) is 2.49. The molecule has 1 heterocycles. The van der Waals surface area contributed by atoms with E-state index in [1.807, 2.05) is 6.92 Å². The van der Waals surface area contributed by atoms with Crippen LogP contribution in [0.15, 0.2) is 39.8 Å². The first-order valence-corrected chi connectivity index (χ1v) is 8.93. The summed E-state index contributed by atoms with van der Waals surface area (Å²) in [5, 5.41) is 20.1. The molecule has 0 aliphatic rings. The predicted molar refractivity (Wildman–Crippen MR) is 98.2 cm³/mol. The van der Waals surface area contributed by atoms with Gasteiger partial charge in [-0.15, -0.1) is 12.4 Å². The second-order valence-corrected chi connectivity index (χ2v) is 7.23. The van der Waals surface area contributed by atoms with Crippen LogP contribution < -0.4 is 15.8 Å². The van der Waals surface area contributed by atoms with E-state index in [1.54, 1.807) is 18.3 Å². The SMILES string of the molecule is C[C@@H](CO)Nc1nc(Nc2ccc(S(N)(=O)=O)cc2)ncc1Br.Cl. The third kappa shape index (κ3) is 5.56. The van der Waals surface area contributed by atoms with E-state index in [4.69, 9.17) is 10.2 Å². The second-order valence-electron chi connectivity index (χ2n) is 4.81. The quantitative estimate of drug-likeness (QED) is 0.541. The molecule has 8 nitrogen and oxygen atoms in total. The van der Waals surface area contributed by atoms with Crippen molar-refractivity contribution in [1.82, 2.24) is 9.97 Å². The molecule has 11 heteroatoms. The number of halogens is 2. The van der Waals surface area contributed by atoms with E-state index in [0.717, 1.165) is 0 Å². The van der Waals surface area contributed by atoms with Gasteiger partial charge in [0, 0.05) is 17.9 Å². The Bertz CT molecular complexity index is 789. The van der Waals surface area contributed by atoms with Crippen LogP contribution in [0.1, 0.15) is 6.92 Å². The number of benzene rings is 1. The van der Waals surface area contributed by atoms with Gasteiger partial charge >= 0.3 is 0 Å². The van der Waals surface area contributed by atoms with Crippen LogP contribution in [0.2, 0.25) is 0 Å². The lowest BCUT2D eigenvalue weighted by molar-refractivity contribution is 0.281. The standard InChI is InChI=1S/C13H16BrN5O3S.ClH/c1-8(7-20)17-12-11(14)6-16-13(19-12)18-9-2-4-10(5-3-9)23(15,21)22;/h2-6,8,20H,7H2,1H3,(H2,15,21,22)(H2,16,17,18,19);1H/t8-;/m0./s1. The third-order valence-electron chi connectivity index (χ3n) is 2.84. The van der Waals surface area contributed by atoms with Gasteiger partial charge in [-0.2, -0.15) is 4.98 Å². The first-order chi connectivity index (χ1) is 10.8. The van der Waals surface area contributed by atoms with Crippen molar-refractivity contribution in [2.24, 2.45) is 5.14 Å². The van der Waals surface area contributed by atoms with Crippen LogP contribution in [0.5, 0.6) is 0 Å². The lowest BCUT2D eigenvalue weighted by Gasteiger charge is -2.14. The Morgan fingerprint density at radius 1 is 1.33 bits per heavy atom. The monoisotopic (exact) mass is 437 g/mol. The Hall–Kier alpha value is -1.46. The lowest BCUT2D eigenvalue weighted by Crippen LogP contribution is -2.20. The number of hydrogen-bond acceptors (Lipinski definition) is 7. The van der Waals surface area contributed by atoms with E-state index < -0.39 is 10.0 Å². The molecule has 0 saturated heterocycles. The number of primary sulfonamides is 1. The van der Waals surface area contributed by atoms with Crippen molar-refractivity contribution >= 4 is 55.8 Å². The minimum Gasteiger partial charge on any atom is -0.394 e. The van der Waals surface area contributed by atoms with E-state index in [2.05, 4.69) is 36.5 Å². The number of nitrogens with zero attached hydrogens (tertiary/aromatic N) is 2. The van der Waals surface area contributed by atoms with Gasteiger partial charge in [-0.1, -0.05) is 0 Å². The minimum absolute atomic E-state index is 0. The summed E-state index contributed by atoms with van der Waals surface area (Å²) in [5.74, 6) is 0.856. The van der Waals surface area contributed by atoms with Crippen molar-refractivity contribution < 1.29 is 13.5 Å². The lowest BCUT2D eigenvalue weighted by atomic mass is 10.3. The summed E-state index contributed by atoms with van der Waals surface area (Å²) in [6.45, 7) is 1.78. The average molecular weight is 439 g/mol. The molecule has 2 aromatic rings. The van der Waals surface area contributed by atoms with Crippen molar-refractivity contribution in [3.63, 3.8) is 0 Å². The number of hydrogen-bond donors (Lipinski definition) is 4. The fraction of sp³-hybridized carbons (Fsp3) is 0.231. The first-order valence-electron chi connectivity index (χ1n) is 6.59. The van der Waals surface area contributed by atoms with Gasteiger partial charge < -0.3 is 15.7 Å². The molecule has 0 unspecified atom stereocenters. The molecule has 0 aliphatic carbocycles. The molecule has 0 fully saturated rings. The molecule has 1 aromatic carbocycles. The first kappa shape index (κ1) is 20.6. The molecule has 0 radical (unpaired) electrons. The van der Waals surface area contributed by atoms with Crippen molar-refractivity contribution in [3.8, 4) is 0 Å². The van der Waals surface area contributed by atoms with Gasteiger partial charge in [-0.25, -0.2) is 18.5 Å². The van der Waals surface area contributed by atoms with Crippen LogP contribution in [-0.2, 0) is 10.0 Å². The molecule has 0 aliphatic heterocycles.